The molecule has 0 fully saturated rings. The first-order valence-corrected chi connectivity index (χ1v) is 6.89. The van der Waals surface area contributed by atoms with Gasteiger partial charge in [-0.15, -0.1) is 13.2 Å². The average molecular weight is 301 g/mol. The van der Waals surface area contributed by atoms with Crippen LogP contribution in [0.4, 0.5) is 13.2 Å². The third-order valence-corrected chi connectivity index (χ3v) is 3.09. The lowest BCUT2D eigenvalue weighted by atomic mass is 10.2. The molecule has 0 radical (unpaired) electrons. The Morgan fingerprint density at radius 3 is 2.38 bits per heavy atom. The van der Waals surface area contributed by atoms with Crippen LogP contribution in [0.5, 0.6) is 11.5 Å². The third-order valence-electron chi connectivity index (χ3n) is 3.09. The molecule has 0 atom stereocenters. The van der Waals surface area contributed by atoms with Gasteiger partial charge in [0, 0.05) is 19.6 Å². The largest absolute Gasteiger partial charge is 0.573 e. The van der Waals surface area contributed by atoms with E-state index in [1.165, 1.54) is 24.3 Å². The summed E-state index contributed by atoms with van der Waals surface area (Å²) in [5.41, 5.74) is 0. The second-order valence-electron chi connectivity index (χ2n) is 4.78. The van der Waals surface area contributed by atoms with Gasteiger partial charge in [-0.05, 0) is 37.1 Å². The van der Waals surface area contributed by atoms with E-state index in [1.807, 2.05) is 0 Å². The van der Waals surface area contributed by atoms with Crippen molar-refractivity contribution in [2.75, 3.05) is 26.2 Å². The zero-order valence-corrected chi connectivity index (χ0v) is 11.6. The van der Waals surface area contributed by atoms with Crippen molar-refractivity contribution in [3.8, 4) is 11.5 Å². The first-order valence-electron chi connectivity index (χ1n) is 6.89. The molecule has 0 aliphatic carbocycles. The molecule has 21 heavy (non-hydrogen) atoms. The quantitative estimate of drug-likeness (QED) is 0.592. The van der Waals surface area contributed by atoms with Gasteiger partial charge in [-0.2, -0.15) is 0 Å². The van der Waals surface area contributed by atoms with Crippen molar-refractivity contribution in [1.82, 2.24) is 4.90 Å². The summed E-state index contributed by atoms with van der Waals surface area (Å²) >= 11 is 0. The monoisotopic (exact) mass is 301 g/mol. The van der Waals surface area contributed by atoms with Crippen LogP contribution in [0.2, 0.25) is 0 Å². The van der Waals surface area contributed by atoms with Gasteiger partial charge in [0.2, 0.25) is 0 Å². The fraction of sp³-hybridized carbons (Fsp3) is 0.467. The molecule has 3 nitrogen and oxygen atoms in total. The summed E-state index contributed by atoms with van der Waals surface area (Å²) in [4.78, 5) is 2.34. The van der Waals surface area contributed by atoms with Crippen molar-refractivity contribution in [2.45, 2.75) is 19.2 Å². The molecule has 0 saturated heterocycles. The van der Waals surface area contributed by atoms with E-state index in [9.17, 15) is 13.2 Å². The molecule has 2 rings (SSSR count). The molecule has 0 N–H and O–H groups in total. The Bertz CT molecular complexity index is 457. The minimum Gasteiger partial charge on any atom is -0.494 e. The summed E-state index contributed by atoms with van der Waals surface area (Å²) < 4.78 is 45.3. The van der Waals surface area contributed by atoms with Gasteiger partial charge in [-0.1, -0.05) is 12.2 Å². The molecule has 0 aromatic heterocycles. The van der Waals surface area contributed by atoms with Crippen LogP contribution in [-0.2, 0) is 0 Å². The van der Waals surface area contributed by atoms with Crippen LogP contribution in [0, 0.1) is 0 Å². The zero-order valence-electron chi connectivity index (χ0n) is 11.6. The molecule has 0 saturated carbocycles. The van der Waals surface area contributed by atoms with Crippen LogP contribution >= 0.6 is 0 Å². The van der Waals surface area contributed by atoms with E-state index in [0.29, 0.717) is 12.4 Å². The van der Waals surface area contributed by atoms with E-state index in [-0.39, 0.29) is 5.75 Å². The molecule has 1 aromatic carbocycles. The number of hydrogen-bond donors (Lipinski definition) is 0. The van der Waals surface area contributed by atoms with Crippen LogP contribution in [-0.4, -0.2) is 37.5 Å². The van der Waals surface area contributed by atoms with Crippen molar-refractivity contribution in [2.24, 2.45) is 0 Å². The number of hydrogen-bond acceptors (Lipinski definition) is 3. The van der Waals surface area contributed by atoms with Gasteiger partial charge in [0.15, 0.2) is 0 Å². The summed E-state index contributed by atoms with van der Waals surface area (Å²) in [5, 5.41) is 0. The van der Waals surface area contributed by atoms with E-state index < -0.39 is 6.36 Å². The smallest absolute Gasteiger partial charge is 0.494 e. The molecule has 1 aliphatic heterocycles. The molecule has 0 amide bonds. The molecule has 1 heterocycles. The van der Waals surface area contributed by atoms with Crippen molar-refractivity contribution in [1.29, 1.82) is 0 Å². The average Bonchev–Trinajstić information content (AvgIpc) is 2.45. The lowest BCUT2D eigenvalue weighted by Crippen LogP contribution is -2.29. The van der Waals surface area contributed by atoms with E-state index in [2.05, 4.69) is 21.8 Å². The van der Waals surface area contributed by atoms with Crippen LogP contribution < -0.4 is 9.47 Å². The number of rotatable bonds is 6. The zero-order chi connectivity index (χ0) is 15.1. The normalized spacial score (nSPS) is 16.0. The molecule has 1 aromatic rings. The molecule has 6 heteroatoms. The Balaban J connectivity index is 1.67. The molecule has 0 bridgehead atoms. The Labute approximate surface area is 122 Å². The van der Waals surface area contributed by atoms with Gasteiger partial charge < -0.3 is 9.47 Å². The maximum absolute atomic E-state index is 12.0. The van der Waals surface area contributed by atoms with Crippen LogP contribution in [0.25, 0.3) is 0 Å². The minimum absolute atomic E-state index is 0.241. The number of alkyl halides is 3. The topological polar surface area (TPSA) is 21.7 Å². The van der Waals surface area contributed by atoms with Crippen molar-refractivity contribution in [3.63, 3.8) is 0 Å². The van der Waals surface area contributed by atoms with Crippen molar-refractivity contribution in [3.05, 3.63) is 36.4 Å². The Hall–Kier alpha value is -1.69. The summed E-state index contributed by atoms with van der Waals surface area (Å²) in [6, 6.07) is 5.45. The molecule has 1 aliphatic rings. The lowest BCUT2D eigenvalue weighted by Gasteiger charge is -2.22. The number of benzene rings is 1. The Morgan fingerprint density at radius 1 is 1.05 bits per heavy atom. The third kappa shape index (κ3) is 6.08. The van der Waals surface area contributed by atoms with Crippen LogP contribution in [0.15, 0.2) is 36.4 Å². The highest BCUT2D eigenvalue weighted by Gasteiger charge is 2.30. The highest BCUT2D eigenvalue weighted by molar-refractivity contribution is 5.31. The second kappa shape index (κ2) is 7.36. The van der Waals surface area contributed by atoms with Gasteiger partial charge in [0.25, 0.3) is 0 Å². The van der Waals surface area contributed by atoms with E-state index in [0.717, 1.165) is 32.5 Å². The first kappa shape index (κ1) is 15.7. The molecule has 0 unspecified atom stereocenters. The summed E-state index contributed by atoms with van der Waals surface area (Å²) in [6.45, 7) is 3.54. The molecular weight excluding hydrogens is 283 g/mol. The molecule has 116 valence electrons. The predicted octanol–water partition coefficient (Wildman–Crippen LogP) is 3.62. The van der Waals surface area contributed by atoms with Crippen LogP contribution in [0.3, 0.4) is 0 Å². The number of halogens is 3. The summed E-state index contributed by atoms with van der Waals surface area (Å²) in [6.07, 6.45) is 1.64. The van der Waals surface area contributed by atoms with Gasteiger partial charge in [-0.3, -0.25) is 4.90 Å². The first-order chi connectivity index (χ1) is 10.0. The van der Waals surface area contributed by atoms with Gasteiger partial charge in [0.1, 0.15) is 11.5 Å². The number of nitrogens with zero attached hydrogens (tertiary/aromatic N) is 1. The van der Waals surface area contributed by atoms with E-state index in [1.54, 1.807) is 0 Å². The number of ether oxygens (including phenoxy) is 2. The second-order valence-corrected chi connectivity index (χ2v) is 4.78. The summed E-state index contributed by atoms with van der Waals surface area (Å²) in [7, 11) is 0. The standard InChI is InChI=1S/C15H18F3NO2/c16-15(17,18)21-14-7-5-13(6-8-14)20-12-4-11-19-9-2-1-3-10-19/h1-2,5-8H,3-4,9-12H2. The van der Waals surface area contributed by atoms with Crippen molar-refractivity contribution < 1.29 is 22.6 Å². The summed E-state index contributed by atoms with van der Waals surface area (Å²) in [5.74, 6) is 0.304. The van der Waals surface area contributed by atoms with Crippen molar-refractivity contribution >= 4 is 0 Å². The fourth-order valence-electron chi connectivity index (χ4n) is 2.11. The van der Waals surface area contributed by atoms with Gasteiger partial charge in [0.05, 0.1) is 6.61 Å². The maximum atomic E-state index is 12.0. The highest BCUT2D eigenvalue weighted by Crippen LogP contribution is 2.24. The SMILES string of the molecule is FC(F)(F)Oc1ccc(OCCCN2CC=CCC2)cc1. The Morgan fingerprint density at radius 2 is 1.76 bits per heavy atom. The van der Waals surface area contributed by atoms with Crippen LogP contribution in [0.1, 0.15) is 12.8 Å². The molecule has 0 spiro atoms. The van der Waals surface area contributed by atoms with E-state index in [4.69, 9.17) is 4.74 Å². The lowest BCUT2D eigenvalue weighted by molar-refractivity contribution is -0.274. The van der Waals surface area contributed by atoms with Gasteiger partial charge in [-0.25, -0.2) is 0 Å². The predicted molar refractivity (Wildman–Crippen MR) is 73.4 cm³/mol. The van der Waals surface area contributed by atoms with E-state index >= 15 is 0 Å². The Kier molecular flexibility index (Phi) is 5.50. The minimum atomic E-state index is -4.66. The highest BCUT2D eigenvalue weighted by atomic mass is 19.4. The fourth-order valence-corrected chi connectivity index (χ4v) is 2.11. The maximum Gasteiger partial charge on any atom is 0.573 e. The molecular formula is C15H18F3NO2. The van der Waals surface area contributed by atoms with Gasteiger partial charge >= 0.3 is 6.36 Å².